The maximum atomic E-state index is 2.87. The van der Waals surface area contributed by atoms with E-state index >= 15 is 0 Å². The topological polar surface area (TPSA) is 3.24 Å². The van der Waals surface area contributed by atoms with Gasteiger partial charge in [-0.1, -0.05) is 19.3 Å². The third kappa shape index (κ3) is 1.41. The molecule has 3 rings (SSSR count). The largest absolute Gasteiger partial charge is 0.297 e. The third-order valence-electron chi connectivity index (χ3n) is 4.50. The molecule has 3 aliphatic rings. The minimum absolute atomic E-state index is 0.990. The Balaban J connectivity index is 1.65. The van der Waals surface area contributed by atoms with Crippen LogP contribution < -0.4 is 0 Å². The fourth-order valence-electron chi connectivity index (χ4n) is 3.82. The quantitative estimate of drug-likeness (QED) is 0.598. The number of hydrogen-bond acceptors (Lipinski definition) is 1. The highest BCUT2D eigenvalue weighted by atomic mass is 15.2. The van der Waals surface area contributed by atoms with Crippen LogP contribution in [0.4, 0.5) is 0 Å². The lowest BCUT2D eigenvalue weighted by Gasteiger charge is -2.37. The van der Waals surface area contributed by atoms with E-state index in [0.29, 0.717) is 0 Å². The number of fused-ring (bicyclic) bond motifs is 2. The molecule has 13 heavy (non-hydrogen) atoms. The van der Waals surface area contributed by atoms with E-state index in [4.69, 9.17) is 0 Å². The van der Waals surface area contributed by atoms with Crippen LogP contribution >= 0.6 is 0 Å². The van der Waals surface area contributed by atoms with Gasteiger partial charge in [-0.05, 0) is 38.0 Å². The average Bonchev–Trinajstić information content (AvgIpc) is 2.80. The van der Waals surface area contributed by atoms with E-state index in [0.717, 1.165) is 18.0 Å². The van der Waals surface area contributed by atoms with Crippen molar-refractivity contribution in [1.82, 2.24) is 4.90 Å². The van der Waals surface area contributed by atoms with E-state index in [1.165, 1.54) is 57.9 Å². The van der Waals surface area contributed by atoms with Gasteiger partial charge in [-0.15, -0.1) is 0 Å². The molecule has 3 fully saturated rings. The fourth-order valence-corrected chi connectivity index (χ4v) is 3.82. The summed E-state index contributed by atoms with van der Waals surface area (Å²) in [5.41, 5.74) is 0. The van der Waals surface area contributed by atoms with Crippen molar-refractivity contribution < 1.29 is 0 Å². The molecule has 2 unspecified atom stereocenters. The van der Waals surface area contributed by atoms with Crippen LogP contribution in [-0.2, 0) is 0 Å². The Morgan fingerprint density at radius 2 is 1.62 bits per heavy atom. The summed E-state index contributed by atoms with van der Waals surface area (Å²) in [6, 6.07) is 2.00. The summed E-state index contributed by atoms with van der Waals surface area (Å²) in [6.07, 6.45) is 12.1. The summed E-state index contributed by atoms with van der Waals surface area (Å²) in [5.74, 6) is 1.09. The van der Waals surface area contributed by atoms with Crippen molar-refractivity contribution in [1.29, 1.82) is 0 Å². The number of rotatable bonds is 1. The van der Waals surface area contributed by atoms with Gasteiger partial charge in [0.25, 0.3) is 0 Å². The minimum atomic E-state index is 0.990. The molecule has 0 spiro atoms. The van der Waals surface area contributed by atoms with Crippen LogP contribution in [0.2, 0.25) is 0 Å². The van der Waals surface area contributed by atoms with Crippen molar-refractivity contribution in [3.05, 3.63) is 0 Å². The molecule has 1 saturated heterocycles. The van der Waals surface area contributed by atoms with Crippen molar-refractivity contribution >= 4 is 0 Å². The molecule has 2 bridgehead atoms. The molecule has 2 saturated carbocycles. The summed E-state index contributed by atoms with van der Waals surface area (Å²) >= 11 is 0. The van der Waals surface area contributed by atoms with E-state index in [1.807, 2.05) is 0 Å². The SMILES string of the molecule is C1CCC(N2CC3CCC2C3)CC1. The van der Waals surface area contributed by atoms with Gasteiger partial charge in [0, 0.05) is 18.6 Å². The van der Waals surface area contributed by atoms with E-state index in [9.17, 15) is 0 Å². The molecule has 0 aromatic rings. The summed E-state index contributed by atoms with van der Waals surface area (Å²) in [4.78, 5) is 2.87. The fraction of sp³-hybridized carbons (Fsp3) is 1.00. The summed E-state index contributed by atoms with van der Waals surface area (Å²) < 4.78 is 0. The molecule has 2 aliphatic carbocycles. The Hall–Kier alpha value is -0.0400. The Bertz CT molecular complexity index is 184. The summed E-state index contributed by atoms with van der Waals surface area (Å²) in [7, 11) is 0. The first-order chi connectivity index (χ1) is 6.43. The summed E-state index contributed by atoms with van der Waals surface area (Å²) in [5, 5.41) is 0. The zero-order valence-electron chi connectivity index (χ0n) is 8.54. The molecular weight excluding hydrogens is 158 g/mol. The predicted octanol–water partition coefficient (Wildman–Crippen LogP) is 2.80. The van der Waals surface area contributed by atoms with Gasteiger partial charge in [-0.3, -0.25) is 4.90 Å². The average molecular weight is 179 g/mol. The highest BCUT2D eigenvalue weighted by Crippen LogP contribution is 2.40. The predicted molar refractivity (Wildman–Crippen MR) is 54.7 cm³/mol. The molecule has 1 heterocycles. The minimum Gasteiger partial charge on any atom is -0.297 e. The first-order valence-corrected chi connectivity index (χ1v) is 6.19. The van der Waals surface area contributed by atoms with Crippen molar-refractivity contribution in [3.8, 4) is 0 Å². The van der Waals surface area contributed by atoms with Crippen LogP contribution in [0.5, 0.6) is 0 Å². The first-order valence-electron chi connectivity index (χ1n) is 6.19. The van der Waals surface area contributed by atoms with Crippen LogP contribution in [0.15, 0.2) is 0 Å². The second-order valence-corrected chi connectivity index (χ2v) is 5.32. The maximum absolute atomic E-state index is 2.87. The van der Waals surface area contributed by atoms with Crippen LogP contribution in [0.3, 0.4) is 0 Å². The first kappa shape index (κ1) is 8.28. The number of nitrogens with zero attached hydrogens (tertiary/aromatic N) is 1. The molecule has 0 aromatic heterocycles. The van der Waals surface area contributed by atoms with Crippen molar-refractivity contribution in [2.45, 2.75) is 63.5 Å². The van der Waals surface area contributed by atoms with Gasteiger partial charge in [0.05, 0.1) is 0 Å². The van der Waals surface area contributed by atoms with Gasteiger partial charge in [-0.2, -0.15) is 0 Å². The molecule has 1 aliphatic heterocycles. The highest BCUT2D eigenvalue weighted by molar-refractivity contribution is 4.95. The van der Waals surface area contributed by atoms with Gasteiger partial charge >= 0.3 is 0 Å². The molecular formula is C12H21N. The van der Waals surface area contributed by atoms with E-state index in [1.54, 1.807) is 0 Å². The standard InChI is InChI=1S/C12H21N/c1-2-4-11(5-3-1)13-9-10-6-7-12(13)8-10/h10-12H,1-9H2. The second-order valence-electron chi connectivity index (χ2n) is 5.32. The molecule has 0 amide bonds. The normalized spacial score (nSPS) is 41.5. The molecule has 0 aromatic carbocycles. The van der Waals surface area contributed by atoms with Crippen molar-refractivity contribution in [2.75, 3.05) is 6.54 Å². The van der Waals surface area contributed by atoms with E-state index in [-0.39, 0.29) is 0 Å². The van der Waals surface area contributed by atoms with E-state index in [2.05, 4.69) is 4.90 Å². The van der Waals surface area contributed by atoms with Gasteiger partial charge < -0.3 is 0 Å². The molecule has 0 radical (unpaired) electrons. The van der Waals surface area contributed by atoms with E-state index < -0.39 is 0 Å². The summed E-state index contributed by atoms with van der Waals surface area (Å²) in [6.45, 7) is 1.45. The Morgan fingerprint density at radius 3 is 2.23 bits per heavy atom. The maximum Gasteiger partial charge on any atom is 0.0101 e. The lowest BCUT2D eigenvalue weighted by molar-refractivity contribution is 0.118. The molecule has 74 valence electrons. The lowest BCUT2D eigenvalue weighted by atomic mass is 9.93. The Morgan fingerprint density at radius 1 is 0.769 bits per heavy atom. The third-order valence-corrected chi connectivity index (χ3v) is 4.50. The lowest BCUT2D eigenvalue weighted by Crippen LogP contribution is -2.41. The number of likely N-dealkylation sites (tertiary alicyclic amines) is 1. The van der Waals surface area contributed by atoms with Crippen LogP contribution in [0.25, 0.3) is 0 Å². The second kappa shape index (κ2) is 3.27. The molecule has 1 heteroatoms. The van der Waals surface area contributed by atoms with Crippen LogP contribution in [-0.4, -0.2) is 23.5 Å². The number of piperidine rings is 1. The van der Waals surface area contributed by atoms with Crippen LogP contribution in [0, 0.1) is 5.92 Å². The van der Waals surface area contributed by atoms with Gasteiger partial charge in [0.1, 0.15) is 0 Å². The highest BCUT2D eigenvalue weighted by Gasteiger charge is 2.40. The smallest absolute Gasteiger partial charge is 0.0101 e. The zero-order valence-corrected chi connectivity index (χ0v) is 8.54. The van der Waals surface area contributed by atoms with Crippen LogP contribution in [0.1, 0.15) is 51.4 Å². The number of hydrogen-bond donors (Lipinski definition) is 0. The molecule has 0 N–H and O–H groups in total. The van der Waals surface area contributed by atoms with Gasteiger partial charge in [-0.25, -0.2) is 0 Å². The Kier molecular flexibility index (Phi) is 2.08. The van der Waals surface area contributed by atoms with Crippen molar-refractivity contribution in [2.24, 2.45) is 5.92 Å². The van der Waals surface area contributed by atoms with Gasteiger partial charge in [0.15, 0.2) is 0 Å². The van der Waals surface area contributed by atoms with Crippen molar-refractivity contribution in [3.63, 3.8) is 0 Å². The van der Waals surface area contributed by atoms with Gasteiger partial charge in [0.2, 0.25) is 0 Å². The Labute approximate surface area is 81.5 Å². The molecule has 2 atom stereocenters. The zero-order chi connectivity index (χ0) is 8.67. The monoisotopic (exact) mass is 179 g/mol. The molecule has 1 nitrogen and oxygen atoms in total.